The van der Waals surface area contributed by atoms with E-state index in [1.807, 2.05) is 12.2 Å². The lowest BCUT2D eigenvalue weighted by molar-refractivity contribution is -0.154. The van der Waals surface area contributed by atoms with E-state index in [9.17, 15) is 24.0 Å². The number of benzene rings is 3. The third-order valence-corrected chi connectivity index (χ3v) is 7.68. The number of halogens is 2. The smallest absolute Gasteiger partial charge is 0.343 e. The first kappa shape index (κ1) is 27.5. The molecule has 5 rings (SSSR count). The Kier molecular flexibility index (Phi) is 7.95. The number of nitrogens with zero attached hydrogens (tertiary/aromatic N) is 2. The molecule has 0 radical (unpaired) electrons. The lowest BCUT2D eigenvalue weighted by Gasteiger charge is -2.30. The summed E-state index contributed by atoms with van der Waals surface area (Å²) in [6.45, 7) is -0.577. The van der Waals surface area contributed by atoms with Crippen molar-refractivity contribution in [1.82, 2.24) is 10.0 Å². The topological polar surface area (TPSA) is 101 Å². The average Bonchev–Trinajstić information content (AvgIpc) is 3.21. The van der Waals surface area contributed by atoms with E-state index in [0.29, 0.717) is 18.4 Å². The molecule has 2 aliphatic rings. The van der Waals surface area contributed by atoms with Crippen molar-refractivity contribution in [3.05, 3.63) is 111 Å². The van der Waals surface area contributed by atoms with Crippen molar-refractivity contribution >= 4 is 57.0 Å². The van der Waals surface area contributed by atoms with Crippen LogP contribution in [0.25, 0.3) is 0 Å². The van der Waals surface area contributed by atoms with Crippen LogP contribution in [0.1, 0.15) is 43.9 Å². The second-order valence-corrected chi connectivity index (χ2v) is 10.7. The molecule has 1 aliphatic carbocycles. The zero-order valence-corrected chi connectivity index (χ0v) is 23.3. The van der Waals surface area contributed by atoms with Crippen LogP contribution in [0.3, 0.4) is 0 Å². The van der Waals surface area contributed by atoms with E-state index in [1.165, 1.54) is 36.4 Å². The third-order valence-electron chi connectivity index (χ3n) is 6.82. The van der Waals surface area contributed by atoms with Gasteiger partial charge < -0.3 is 4.74 Å². The van der Waals surface area contributed by atoms with Gasteiger partial charge in [0.1, 0.15) is 12.3 Å². The number of ketones is 1. The minimum absolute atomic E-state index is 0.0563. The van der Waals surface area contributed by atoms with Crippen LogP contribution >= 0.6 is 27.5 Å². The molecule has 0 N–H and O–H groups in total. The van der Waals surface area contributed by atoms with Gasteiger partial charge in [-0.15, -0.1) is 0 Å². The van der Waals surface area contributed by atoms with Gasteiger partial charge in [0.05, 0.1) is 28.0 Å². The Balaban J connectivity index is 1.37. The van der Waals surface area contributed by atoms with Crippen LogP contribution in [0, 0.1) is 11.8 Å². The van der Waals surface area contributed by atoms with E-state index in [2.05, 4.69) is 15.9 Å². The largest absolute Gasteiger partial charge is 0.423 e. The van der Waals surface area contributed by atoms with Gasteiger partial charge in [0, 0.05) is 10.0 Å². The lowest BCUT2D eigenvalue weighted by atomic mass is 9.85. The van der Waals surface area contributed by atoms with Crippen molar-refractivity contribution < 1.29 is 28.7 Å². The van der Waals surface area contributed by atoms with Crippen LogP contribution in [-0.4, -0.2) is 46.0 Å². The number of Topliss-reactive ketones (excluding diaryl/α,β-unsaturated/α-hetero) is 1. The molecule has 202 valence electrons. The van der Waals surface area contributed by atoms with E-state index < -0.39 is 47.9 Å². The highest BCUT2D eigenvalue weighted by molar-refractivity contribution is 9.10. The highest BCUT2D eigenvalue weighted by Crippen LogP contribution is 2.36. The second kappa shape index (κ2) is 11.6. The number of rotatable bonds is 7. The molecule has 1 saturated heterocycles. The first-order valence-corrected chi connectivity index (χ1v) is 13.6. The monoisotopic (exact) mass is 620 g/mol. The molecule has 2 atom stereocenters. The van der Waals surface area contributed by atoms with Crippen molar-refractivity contribution in [1.29, 1.82) is 0 Å². The number of carbonyl (C=O) groups excluding carboxylic acids is 5. The van der Waals surface area contributed by atoms with Gasteiger partial charge in [-0.3, -0.25) is 19.2 Å². The van der Waals surface area contributed by atoms with Gasteiger partial charge in [0.25, 0.3) is 17.7 Å². The van der Waals surface area contributed by atoms with Crippen molar-refractivity contribution in [3.63, 3.8) is 0 Å². The fourth-order valence-corrected chi connectivity index (χ4v) is 5.20. The predicted octanol–water partition coefficient (Wildman–Crippen LogP) is 5.51. The first-order valence-electron chi connectivity index (χ1n) is 12.4. The summed E-state index contributed by atoms with van der Waals surface area (Å²) < 4.78 is 6.20. The molecular formula is C30H22BrClN2O6. The number of allylic oxidation sites excluding steroid dienone is 2. The molecular weight excluding hydrogens is 600 g/mol. The van der Waals surface area contributed by atoms with Crippen LogP contribution in [0.4, 0.5) is 0 Å². The third kappa shape index (κ3) is 5.48. The Bertz CT molecular complexity index is 1510. The summed E-state index contributed by atoms with van der Waals surface area (Å²) in [5.41, 5.74) is 0.604. The molecule has 1 heterocycles. The fraction of sp³-hybridized carbons (Fsp3) is 0.167. The summed E-state index contributed by atoms with van der Waals surface area (Å²) in [4.78, 5) is 66.0. The molecule has 0 saturated carbocycles. The predicted molar refractivity (Wildman–Crippen MR) is 150 cm³/mol. The van der Waals surface area contributed by atoms with Gasteiger partial charge in [-0.05, 0) is 73.5 Å². The second-order valence-electron chi connectivity index (χ2n) is 9.33. The number of ether oxygens (including phenoxy) is 1. The summed E-state index contributed by atoms with van der Waals surface area (Å²) in [5.74, 6) is -3.85. The highest BCUT2D eigenvalue weighted by Gasteiger charge is 2.51. The zero-order chi connectivity index (χ0) is 28.4. The Labute approximate surface area is 243 Å². The number of carbonyl (C=O) groups is 5. The molecule has 0 bridgehead atoms. The van der Waals surface area contributed by atoms with Crippen molar-refractivity contribution in [2.24, 2.45) is 11.8 Å². The molecule has 1 fully saturated rings. The summed E-state index contributed by atoms with van der Waals surface area (Å²) in [6.07, 6.45) is 4.45. The molecule has 0 spiro atoms. The number of amides is 3. The van der Waals surface area contributed by atoms with Crippen LogP contribution in [0.2, 0.25) is 5.02 Å². The number of hydrazine groups is 1. The van der Waals surface area contributed by atoms with Crippen molar-refractivity contribution in [3.8, 4) is 5.75 Å². The summed E-state index contributed by atoms with van der Waals surface area (Å²) in [5, 5.41) is 1.81. The van der Waals surface area contributed by atoms with Gasteiger partial charge in [-0.25, -0.2) is 9.80 Å². The van der Waals surface area contributed by atoms with E-state index in [0.717, 1.165) is 14.5 Å². The molecule has 8 nitrogen and oxygen atoms in total. The molecule has 10 heteroatoms. The number of fused-ring (bicyclic) bond motifs is 1. The molecule has 3 aromatic carbocycles. The van der Waals surface area contributed by atoms with E-state index in [4.69, 9.17) is 16.3 Å². The maximum atomic E-state index is 13.6. The molecule has 40 heavy (non-hydrogen) atoms. The Morgan fingerprint density at radius 1 is 0.850 bits per heavy atom. The van der Waals surface area contributed by atoms with Gasteiger partial charge in [0.2, 0.25) is 0 Å². The van der Waals surface area contributed by atoms with Crippen LogP contribution in [0.5, 0.6) is 5.75 Å². The number of imide groups is 1. The van der Waals surface area contributed by atoms with E-state index >= 15 is 0 Å². The standard InChI is InChI=1S/C30H22BrClN2O6/c31-20-13-9-19(10-14-20)30(39)40-21-15-11-18(12-16-21)26(35)17-33(27(36)24-7-3-4-8-25(24)32)34-28(37)22-5-1-2-6-23(22)29(34)38/h1-4,7-16,22-23H,5-6,17H2/t22-,23-/m1/s1. The zero-order valence-electron chi connectivity index (χ0n) is 21.0. The SMILES string of the molecule is O=C(CN(C(=O)c1ccccc1Cl)N1C(=O)[C@@H]2CC=CC[C@H]2C1=O)c1ccc(OC(=O)c2ccc(Br)cc2)cc1. The number of esters is 1. The molecule has 0 aromatic heterocycles. The van der Waals surface area contributed by atoms with Crippen LogP contribution in [0.15, 0.2) is 89.4 Å². The maximum Gasteiger partial charge on any atom is 0.343 e. The Hall–Kier alpha value is -4.08. The fourth-order valence-electron chi connectivity index (χ4n) is 4.72. The Morgan fingerprint density at radius 2 is 1.43 bits per heavy atom. The quantitative estimate of drug-likeness (QED) is 0.113. The first-order chi connectivity index (χ1) is 19.2. The molecule has 3 aromatic rings. The highest BCUT2D eigenvalue weighted by atomic mass is 79.9. The molecule has 1 aliphatic heterocycles. The van der Waals surface area contributed by atoms with E-state index in [-0.39, 0.29) is 21.9 Å². The van der Waals surface area contributed by atoms with Crippen molar-refractivity contribution in [2.45, 2.75) is 12.8 Å². The normalized spacial score (nSPS) is 17.9. The van der Waals surface area contributed by atoms with Crippen LogP contribution < -0.4 is 4.74 Å². The van der Waals surface area contributed by atoms with Gasteiger partial charge in [-0.1, -0.05) is 51.8 Å². The van der Waals surface area contributed by atoms with Gasteiger partial charge in [0.15, 0.2) is 5.78 Å². The molecule has 0 unspecified atom stereocenters. The number of hydrogen-bond acceptors (Lipinski definition) is 6. The van der Waals surface area contributed by atoms with Crippen LogP contribution in [-0.2, 0) is 9.59 Å². The minimum Gasteiger partial charge on any atom is -0.423 e. The molecule has 3 amide bonds. The lowest BCUT2D eigenvalue weighted by Crippen LogP contribution is -2.52. The number of hydrogen-bond donors (Lipinski definition) is 0. The summed E-state index contributed by atoms with van der Waals surface area (Å²) >= 11 is 9.57. The van der Waals surface area contributed by atoms with Crippen molar-refractivity contribution in [2.75, 3.05) is 6.54 Å². The Morgan fingerprint density at radius 3 is 2.02 bits per heavy atom. The minimum atomic E-state index is -0.743. The van der Waals surface area contributed by atoms with Gasteiger partial charge in [-0.2, -0.15) is 5.01 Å². The summed E-state index contributed by atoms with van der Waals surface area (Å²) in [7, 11) is 0. The summed E-state index contributed by atoms with van der Waals surface area (Å²) in [6, 6.07) is 18.7. The van der Waals surface area contributed by atoms with Gasteiger partial charge >= 0.3 is 5.97 Å². The van der Waals surface area contributed by atoms with E-state index in [1.54, 1.807) is 36.4 Å². The average molecular weight is 622 g/mol. The maximum absolute atomic E-state index is 13.6.